The molecule has 3 aromatic rings. The van der Waals surface area contributed by atoms with Crippen LogP contribution in [-0.2, 0) is 4.79 Å². The molecule has 6 nitrogen and oxygen atoms in total. The number of thiophene rings is 1. The Bertz CT molecular complexity index is 988. The van der Waals surface area contributed by atoms with Gasteiger partial charge in [0.2, 0.25) is 11.1 Å². The quantitative estimate of drug-likeness (QED) is 0.648. The number of aryl methyl sites for hydroxylation is 1. The lowest BCUT2D eigenvalue weighted by molar-refractivity contribution is -0.113. The lowest BCUT2D eigenvalue weighted by Crippen LogP contribution is -2.14. The number of hydrogen-bond donors (Lipinski definition) is 2. The summed E-state index contributed by atoms with van der Waals surface area (Å²) in [5.74, 6) is 0.0575. The number of halogens is 1. The number of rotatable bonds is 5. The molecule has 2 N–H and O–H groups in total. The summed E-state index contributed by atoms with van der Waals surface area (Å²) in [6.45, 7) is 3.77. The third-order valence-electron chi connectivity index (χ3n) is 3.66. The van der Waals surface area contributed by atoms with E-state index in [-0.39, 0.29) is 17.5 Å². The van der Waals surface area contributed by atoms with Crippen molar-refractivity contribution in [2.24, 2.45) is 0 Å². The fourth-order valence-corrected chi connectivity index (χ4v) is 3.82. The molecule has 1 aromatic carbocycles. The lowest BCUT2D eigenvalue weighted by Gasteiger charge is -2.01. The molecule has 2 aromatic heterocycles. The highest BCUT2D eigenvalue weighted by molar-refractivity contribution is 7.99. The van der Waals surface area contributed by atoms with Crippen LogP contribution in [0.2, 0.25) is 0 Å². The molecule has 0 fully saturated rings. The Labute approximate surface area is 157 Å². The molecule has 0 aliphatic heterocycles. The van der Waals surface area contributed by atoms with Crippen molar-refractivity contribution in [3.05, 3.63) is 46.1 Å². The van der Waals surface area contributed by atoms with Crippen molar-refractivity contribution in [1.82, 2.24) is 15.2 Å². The molecule has 2 heterocycles. The van der Waals surface area contributed by atoms with Crippen LogP contribution in [0.25, 0.3) is 11.4 Å². The summed E-state index contributed by atoms with van der Waals surface area (Å²) in [5.41, 5.74) is 2.10. The first-order valence-electron chi connectivity index (χ1n) is 7.59. The highest BCUT2D eigenvalue weighted by Gasteiger charge is 2.15. The highest BCUT2D eigenvalue weighted by Crippen LogP contribution is 2.31. The first-order chi connectivity index (χ1) is 12.5. The molecule has 0 atom stereocenters. The summed E-state index contributed by atoms with van der Waals surface area (Å²) in [7, 11) is 0. The molecule has 0 radical (unpaired) electrons. The number of aromatic nitrogens is 3. The number of nitrogens with zero attached hydrogens (tertiary/aromatic N) is 3. The van der Waals surface area contributed by atoms with Crippen molar-refractivity contribution in [3.63, 3.8) is 0 Å². The molecule has 1 amide bonds. The standard InChI is InChI=1S/C17H14FN5OS2/c1-9-10(2)26-16(13(9)7-19)20-14(24)8-25-17-21-15(22-23-17)11-3-5-12(18)6-4-11/h3-6H,8H2,1-2H3,(H,20,24)(H,21,22,23). The van der Waals surface area contributed by atoms with Crippen LogP contribution in [0.4, 0.5) is 9.39 Å². The van der Waals surface area contributed by atoms with Crippen LogP contribution in [0, 0.1) is 31.0 Å². The second-order valence-electron chi connectivity index (χ2n) is 5.41. The van der Waals surface area contributed by atoms with Crippen LogP contribution < -0.4 is 5.32 Å². The van der Waals surface area contributed by atoms with Crippen molar-refractivity contribution in [2.75, 3.05) is 11.1 Å². The number of H-pyrrole nitrogens is 1. The monoisotopic (exact) mass is 387 g/mol. The number of nitriles is 1. The molecule has 0 bridgehead atoms. The van der Waals surface area contributed by atoms with Gasteiger partial charge in [0.1, 0.15) is 16.9 Å². The summed E-state index contributed by atoms with van der Waals surface area (Å²) in [6.07, 6.45) is 0. The third-order valence-corrected chi connectivity index (χ3v) is 5.63. The first-order valence-corrected chi connectivity index (χ1v) is 9.39. The Morgan fingerprint density at radius 3 is 2.81 bits per heavy atom. The number of anilines is 1. The minimum Gasteiger partial charge on any atom is -0.316 e. The molecule has 3 rings (SSSR count). The fraction of sp³-hybridized carbons (Fsp3) is 0.176. The average molecular weight is 387 g/mol. The van der Waals surface area contributed by atoms with Crippen molar-refractivity contribution in [2.45, 2.75) is 19.0 Å². The maximum Gasteiger partial charge on any atom is 0.235 e. The van der Waals surface area contributed by atoms with Crippen LogP contribution in [-0.4, -0.2) is 26.8 Å². The van der Waals surface area contributed by atoms with E-state index in [1.165, 1.54) is 35.2 Å². The molecule has 26 heavy (non-hydrogen) atoms. The Morgan fingerprint density at radius 2 is 2.12 bits per heavy atom. The number of thioether (sulfide) groups is 1. The maximum absolute atomic E-state index is 13.0. The molecule has 0 unspecified atom stereocenters. The van der Waals surface area contributed by atoms with Crippen molar-refractivity contribution in [3.8, 4) is 17.5 Å². The predicted octanol–water partition coefficient (Wildman–Crippen LogP) is 3.89. The van der Waals surface area contributed by atoms with Gasteiger partial charge in [-0.25, -0.2) is 9.37 Å². The van der Waals surface area contributed by atoms with E-state index in [1.54, 1.807) is 12.1 Å². The maximum atomic E-state index is 13.0. The minimum atomic E-state index is -0.324. The third kappa shape index (κ3) is 3.92. The van der Waals surface area contributed by atoms with E-state index in [9.17, 15) is 14.4 Å². The molecule has 0 saturated heterocycles. The van der Waals surface area contributed by atoms with Gasteiger partial charge in [0, 0.05) is 10.4 Å². The predicted molar refractivity (Wildman–Crippen MR) is 99.6 cm³/mol. The van der Waals surface area contributed by atoms with Crippen LogP contribution in [0.3, 0.4) is 0 Å². The number of hydrogen-bond acceptors (Lipinski definition) is 6. The molecular formula is C17H14FN5OS2. The van der Waals surface area contributed by atoms with Crippen LogP contribution in [0.5, 0.6) is 0 Å². The smallest absolute Gasteiger partial charge is 0.235 e. The van der Waals surface area contributed by atoms with Crippen LogP contribution in [0.15, 0.2) is 29.4 Å². The fourth-order valence-electron chi connectivity index (χ4n) is 2.19. The van der Waals surface area contributed by atoms with E-state index < -0.39 is 0 Å². The summed E-state index contributed by atoms with van der Waals surface area (Å²) in [4.78, 5) is 17.4. The van der Waals surface area contributed by atoms with E-state index in [1.807, 2.05) is 13.8 Å². The zero-order valence-electron chi connectivity index (χ0n) is 14.0. The van der Waals surface area contributed by atoms with E-state index in [0.29, 0.717) is 27.1 Å². The lowest BCUT2D eigenvalue weighted by atomic mass is 10.2. The normalized spacial score (nSPS) is 10.5. The van der Waals surface area contributed by atoms with Gasteiger partial charge in [0.05, 0.1) is 11.3 Å². The number of aromatic amines is 1. The molecule has 0 saturated carbocycles. The molecule has 9 heteroatoms. The largest absolute Gasteiger partial charge is 0.316 e. The summed E-state index contributed by atoms with van der Waals surface area (Å²) < 4.78 is 13.0. The Balaban J connectivity index is 1.61. The molecular weight excluding hydrogens is 373 g/mol. The van der Waals surface area contributed by atoms with Gasteiger partial charge in [-0.15, -0.1) is 16.4 Å². The Kier molecular flexibility index (Phi) is 5.35. The number of carbonyl (C=O) groups is 1. The number of carbonyl (C=O) groups excluding carboxylic acids is 1. The Morgan fingerprint density at radius 1 is 1.38 bits per heavy atom. The van der Waals surface area contributed by atoms with Crippen LogP contribution >= 0.6 is 23.1 Å². The van der Waals surface area contributed by atoms with Crippen LogP contribution in [0.1, 0.15) is 16.0 Å². The van der Waals surface area contributed by atoms with Gasteiger partial charge in [-0.1, -0.05) is 11.8 Å². The van der Waals surface area contributed by atoms with E-state index >= 15 is 0 Å². The second-order valence-corrected chi connectivity index (χ2v) is 7.58. The zero-order chi connectivity index (χ0) is 18.7. The molecule has 0 spiro atoms. The topological polar surface area (TPSA) is 94.5 Å². The molecule has 0 aliphatic rings. The number of amides is 1. The summed E-state index contributed by atoms with van der Waals surface area (Å²) in [5, 5.41) is 19.8. The summed E-state index contributed by atoms with van der Waals surface area (Å²) >= 11 is 2.56. The van der Waals surface area contributed by atoms with E-state index in [0.717, 1.165) is 10.4 Å². The van der Waals surface area contributed by atoms with Gasteiger partial charge >= 0.3 is 0 Å². The van der Waals surface area contributed by atoms with Gasteiger partial charge in [-0.05, 0) is 43.7 Å². The zero-order valence-corrected chi connectivity index (χ0v) is 15.6. The van der Waals surface area contributed by atoms with Crippen molar-refractivity contribution >= 4 is 34.0 Å². The first kappa shape index (κ1) is 18.1. The van der Waals surface area contributed by atoms with Crippen molar-refractivity contribution < 1.29 is 9.18 Å². The average Bonchev–Trinajstić information content (AvgIpc) is 3.19. The van der Waals surface area contributed by atoms with Crippen molar-refractivity contribution in [1.29, 1.82) is 5.26 Å². The van der Waals surface area contributed by atoms with Gasteiger partial charge in [0.15, 0.2) is 5.82 Å². The Hall–Kier alpha value is -2.70. The van der Waals surface area contributed by atoms with Gasteiger partial charge in [0.25, 0.3) is 0 Å². The summed E-state index contributed by atoms with van der Waals surface area (Å²) in [6, 6.07) is 8.01. The van der Waals surface area contributed by atoms with E-state index in [4.69, 9.17) is 0 Å². The minimum absolute atomic E-state index is 0.113. The van der Waals surface area contributed by atoms with Gasteiger partial charge in [-0.3, -0.25) is 9.89 Å². The molecule has 0 aliphatic carbocycles. The molecule has 132 valence electrons. The number of nitrogens with one attached hydrogen (secondary N) is 2. The van der Waals surface area contributed by atoms with Gasteiger partial charge < -0.3 is 5.32 Å². The second kappa shape index (κ2) is 7.68. The SMILES string of the molecule is Cc1sc(NC(=O)CSc2n[nH]c(-c3ccc(F)cc3)n2)c(C#N)c1C. The highest BCUT2D eigenvalue weighted by atomic mass is 32.2. The van der Waals surface area contributed by atoms with Gasteiger partial charge in [-0.2, -0.15) is 5.26 Å². The van der Waals surface area contributed by atoms with E-state index in [2.05, 4.69) is 26.6 Å². The number of benzene rings is 1.